The van der Waals surface area contributed by atoms with Crippen molar-refractivity contribution in [3.05, 3.63) is 70.8 Å². The van der Waals surface area contributed by atoms with E-state index in [2.05, 4.69) is 48.2 Å². The van der Waals surface area contributed by atoms with Gasteiger partial charge < -0.3 is 10.0 Å². The van der Waals surface area contributed by atoms with Crippen molar-refractivity contribution in [3.63, 3.8) is 0 Å². The summed E-state index contributed by atoms with van der Waals surface area (Å²) in [6, 6.07) is 16.6. The van der Waals surface area contributed by atoms with Crippen LogP contribution < -0.4 is 0 Å². The normalized spacial score (nSPS) is 18.0. The number of carbonyl (C=O) groups is 1. The highest BCUT2D eigenvalue weighted by atomic mass is 16.4. The Hall–Kier alpha value is -2.17. The molecular weight excluding hydrogens is 312 g/mol. The molecule has 1 saturated heterocycles. The average Bonchev–Trinajstić information content (AvgIpc) is 3.03. The predicted molar refractivity (Wildman–Crippen MR) is 99.6 cm³/mol. The lowest BCUT2D eigenvalue weighted by Crippen LogP contribution is -2.24. The SMILES string of the molecule is CN(C)Cc1ccc(C2CCCN2Cc2ccccc2C(=O)O)cc1. The summed E-state index contributed by atoms with van der Waals surface area (Å²) in [6.45, 7) is 2.64. The highest BCUT2D eigenvalue weighted by Gasteiger charge is 2.27. The summed E-state index contributed by atoms with van der Waals surface area (Å²) in [4.78, 5) is 16.0. The van der Waals surface area contributed by atoms with Crippen molar-refractivity contribution in [2.75, 3.05) is 20.6 Å². The summed E-state index contributed by atoms with van der Waals surface area (Å²) < 4.78 is 0. The molecule has 2 aromatic rings. The molecule has 1 fully saturated rings. The Morgan fingerprint density at radius 2 is 1.88 bits per heavy atom. The van der Waals surface area contributed by atoms with E-state index in [1.807, 2.05) is 12.1 Å². The largest absolute Gasteiger partial charge is 0.478 e. The Balaban J connectivity index is 1.76. The van der Waals surface area contributed by atoms with Crippen molar-refractivity contribution in [1.29, 1.82) is 0 Å². The van der Waals surface area contributed by atoms with E-state index >= 15 is 0 Å². The molecule has 1 N–H and O–H groups in total. The van der Waals surface area contributed by atoms with Gasteiger partial charge in [-0.3, -0.25) is 4.90 Å². The Labute approximate surface area is 149 Å². The van der Waals surface area contributed by atoms with Gasteiger partial charge in [0.15, 0.2) is 0 Å². The van der Waals surface area contributed by atoms with Gasteiger partial charge in [0, 0.05) is 19.1 Å². The minimum atomic E-state index is -0.848. The summed E-state index contributed by atoms with van der Waals surface area (Å²) in [5, 5.41) is 9.40. The topological polar surface area (TPSA) is 43.8 Å². The molecule has 132 valence electrons. The summed E-state index contributed by atoms with van der Waals surface area (Å²) in [5.74, 6) is -0.848. The average molecular weight is 338 g/mol. The molecule has 0 radical (unpaired) electrons. The molecule has 2 aromatic carbocycles. The molecule has 0 aliphatic carbocycles. The van der Waals surface area contributed by atoms with Gasteiger partial charge in [-0.1, -0.05) is 42.5 Å². The minimum absolute atomic E-state index is 0.371. The number of nitrogens with zero attached hydrogens (tertiary/aromatic N) is 2. The van der Waals surface area contributed by atoms with E-state index in [4.69, 9.17) is 0 Å². The molecule has 1 aliphatic rings. The van der Waals surface area contributed by atoms with Gasteiger partial charge in [0.2, 0.25) is 0 Å². The van der Waals surface area contributed by atoms with E-state index < -0.39 is 5.97 Å². The lowest BCUT2D eigenvalue weighted by atomic mass is 10.0. The van der Waals surface area contributed by atoms with Crippen LogP contribution in [0.5, 0.6) is 0 Å². The molecule has 0 bridgehead atoms. The van der Waals surface area contributed by atoms with Gasteiger partial charge in [0.1, 0.15) is 0 Å². The molecule has 1 aliphatic heterocycles. The molecular formula is C21H26N2O2. The third-order valence-electron chi connectivity index (χ3n) is 4.85. The van der Waals surface area contributed by atoms with E-state index in [9.17, 15) is 9.90 Å². The second-order valence-electron chi connectivity index (χ2n) is 7.07. The smallest absolute Gasteiger partial charge is 0.336 e. The van der Waals surface area contributed by atoms with Crippen molar-refractivity contribution in [1.82, 2.24) is 9.80 Å². The van der Waals surface area contributed by atoms with Gasteiger partial charge in [-0.05, 0) is 56.2 Å². The highest BCUT2D eigenvalue weighted by Crippen LogP contribution is 2.33. The summed E-state index contributed by atoms with van der Waals surface area (Å²) in [7, 11) is 4.15. The molecule has 25 heavy (non-hydrogen) atoms. The molecule has 4 heteroatoms. The van der Waals surface area contributed by atoms with Gasteiger partial charge in [-0.25, -0.2) is 4.79 Å². The summed E-state index contributed by atoms with van der Waals surface area (Å²) >= 11 is 0. The van der Waals surface area contributed by atoms with Crippen molar-refractivity contribution < 1.29 is 9.90 Å². The van der Waals surface area contributed by atoms with Crippen molar-refractivity contribution >= 4 is 5.97 Å². The van der Waals surface area contributed by atoms with Gasteiger partial charge in [0.05, 0.1) is 5.56 Å². The van der Waals surface area contributed by atoms with E-state index in [0.717, 1.165) is 31.5 Å². The molecule has 0 amide bonds. The minimum Gasteiger partial charge on any atom is -0.478 e. The number of hydrogen-bond acceptors (Lipinski definition) is 3. The van der Waals surface area contributed by atoms with Gasteiger partial charge >= 0.3 is 5.97 Å². The van der Waals surface area contributed by atoms with Crippen LogP contribution in [-0.4, -0.2) is 41.5 Å². The van der Waals surface area contributed by atoms with Crippen LogP contribution in [0.1, 0.15) is 45.9 Å². The Morgan fingerprint density at radius 1 is 1.16 bits per heavy atom. The molecule has 4 nitrogen and oxygen atoms in total. The number of hydrogen-bond donors (Lipinski definition) is 1. The summed E-state index contributed by atoms with van der Waals surface area (Å²) in [6.07, 6.45) is 2.28. The van der Waals surface area contributed by atoms with Crippen molar-refractivity contribution in [2.45, 2.75) is 32.0 Å². The van der Waals surface area contributed by atoms with Crippen LogP contribution in [-0.2, 0) is 13.1 Å². The van der Waals surface area contributed by atoms with Crippen LogP contribution in [0.4, 0.5) is 0 Å². The molecule has 1 atom stereocenters. The fourth-order valence-electron chi connectivity index (χ4n) is 3.69. The van der Waals surface area contributed by atoms with E-state index in [0.29, 0.717) is 18.2 Å². The van der Waals surface area contributed by atoms with E-state index in [1.165, 1.54) is 11.1 Å². The zero-order chi connectivity index (χ0) is 17.8. The van der Waals surface area contributed by atoms with E-state index in [-0.39, 0.29) is 0 Å². The monoisotopic (exact) mass is 338 g/mol. The number of aromatic carboxylic acids is 1. The zero-order valence-electron chi connectivity index (χ0n) is 15.0. The second kappa shape index (κ2) is 7.81. The maximum Gasteiger partial charge on any atom is 0.336 e. The van der Waals surface area contributed by atoms with Crippen LogP contribution in [0.25, 0.3) is 0 Å². The second-order valence-corrected chi connectivity index (χ2v) is 7.07. The number of carboxylic acids is 1. The maximum atomic E-state index is 11.5. The summed E-state index contributed by atoms with van der Waals surface area (Å²) in [5.41, 5.74) is 3.95. The van der Waals surface area contributed by atoms with Gasteiger partial charge in [-0.15, -0.1) is 0 Å². The number of rotatable bonds is 6. The third-order valence-corrected chi connectivity index (χ3v) is 4.85. The van der Waals surface area contributed by atoms with Crippen molar-refractivity contribution in [3.8, 4) is 0 Å². The van der Waals surface area contributed by atoms with Crippen molar-refractivity contribution in [2.24, 2.45) is 0 Å². The first-order chi connectivity index (χ1) is 12.0. The van der Waals surface area contributed by atoms with Gasteiger partial charge in [0.25, 0.3) is 0 Å². The molecule has 1 unspecified atom stereocenters. The van der Waals surface area contributed by atoms with Crippen LogP contribution in [0.2, 0.25) is 0 Å². The van der Waals surface area contributed by atoms with Crippen LogP contribution >= 0.6 is 0 Å². The molecule has 0 spiro atoms. The predicted octanol–water partition coefficient (Wildman–Crippen LogP) is 3.78. The van der Waals surface area contributed by atoms with Crippen LogP contribution in [0.3, 0.4) is 0 Å². The van der Waals surface area contributed by atoms with Crippen LogP contribution in [0, 0.1) is 0 Å². The highest BCUT2D eigenvalue weighted by molar-refractivity contribution is 5.89. The molecule has 1 heterocycles. The standard InChI is InChI=1S/C21H26N2O2/c1-22(2)14-16-9-11-17(12-10-16)20-8-5-13-23(20)15-18-6-3-4-7-19(18)21(24)25/h3-4,6-7,9-12,20H,5,8,13-15H2,1-2H3,(H,24,25). The quantitative estimate of drug-likeness (QED) is 0.870. The van der Waals surface area contributed by atoms with Gasteiger partial charge in [-0.2, -0.15) is 0 Å². The number of carboxylic acid groups (broad SMARTS) is 1. The lowest BCUT2D eigenvalue weighted by molar-refractivity contribution is 0.0694. The lowest BCUT2D eigenvalue weighted by Gasteiger charge is -2.26. The molecule has 0 saturated carbocycles. The molecule has 3 rings (SSSR count). The van der Waals surface area contributed by atoms with E-state index in [1.54, 1.807) is 12.1 Å². The van der Waals surface area contributed by atoms with Crippen LogP contribution in [0.15, 0.2) is 48.5 Å². The Bertz CT molecular complexity index is 725. The fourth-order valence-corrected chi connectivity index (χ4v) is 3.69. The Morgan fingerprint density at radius 3 is 2.56 bits per heavy atom. The first-order valence-corrected chi connectivity index (χ1v) is 8.83. The number of likely N-dealkylation sites (tertiary alicyclic amines) is 1. The fraction of sp³-hybridized carbons (Fsp3) is 0.381. The zero-order valence-corrected chi connectivity index (χ0v) is 15.0. The Kier molecular flexibility index (Phi) is 5.51. The maximum absolute atomic E-state index is 11.5. The third kappa shape index (κ3) is 4.27. The first-order valence-electron chi connectivity index (χ1n) is 8.83. The number of benzene rings is 2. The molecule has 0 aromatic heterocycles. The first kappa shape index (κ1) is 17.6.